The van der Waals surface area contributed by atoms with Crippen molar-refractivity contribution in [1.82, 2.24) is 0 Å². The van der Waals surface area contributed by atoms with E-state index in [2.05, 4.69) is 9.99 Å². The van der Waals surface area contributed by atoms with Crippen molar-refractivity contribution in [1.29, 1.82) is 0 Å². The molecule has 0 aliphatic heterocycles. The molecule has 0 heterocycles. The van der Waals surface area contributed by atoms with Gasteiger partial charge in [-0.05, 0) is 17.5 Å². The molecule has 0 amide bonds. The van der Waals surface area contributed by atoms with Crippen LogP contribution in [0.25, 0.3) is 0 Å². The maximum Gasteiger partial charge on any atom is 0.437 e. The van der Waals surface area contributed by atoms with Crippen molar-refractivity contribution >= 4 is 5.71 Å². The second kappa shape index (κ2) is 6.15. The maximum atomic E-state index is 12.8. The largest absolute Gasteiger partial charge is 0.493 e. The molecule has 3 nitrogen and oxygen atoms in total. The molecule has 112 valence electrons. The fourth-order valence-electron chi connectivity index (χ4n) is 1.39. The Bertz CT molecular complexity index is 476. The van der Waals surface area contributed by atoms with E-state index in [4.69, 9.17) is 4.74 Å². The number of alkyl halides is 3. The van der Waals surface area contributed by atoms with Gasteiger partial charge >= 0.3 is 6.18 Å². The van der Waals surface area contributed by atoms with Crippen LogP contribution in [0.15, 0.2) is 29.4 Å². The van der Waals surface area contributed by atoms with Gasteiger partial charge in [0.2, 0.25) is 0 Å². The summed E-state index contributed by atoms with van der Waals surface area (Å²) in [4.78, 5) is 4.27. The van der Waals surface area contributed by atoms with Crippen molar-refractivity contribution in [3.05, 3.63) is 29.8 Å². The van der Waals surface area contributed by atoms with Gasteiger partial charge in [0, 0.05) is 5.56 Å². The molecule has 1 aromatic carbocycles. The molecule has 0 bridgehead atoms. The molecule has 0 aliphatic rings. The van der Waals surface area contributed by atoms with Gasteiger partial charge in [0.25, 0.3) is 0 Å². The van der Waals surface area contributed by atoms with Crippen LogP contribution in [0.5, 0.6) is 5.75 Å². The molecule has 0 spiro atoms. The van der Waals surface area contributed by atoms with Gasteiger partial charge in [-0.15, -0.1) is 0 Å². The molecule has 6 heteroatoms. The predicted molar refractivity (Wildman–Crippen MR) is 71.0 cm³/mol. The summed E-state index contributed by atoms with van der Waals surface area (Å²) >= 11 is 0. The molecule has 0 unspecified atom stereocenters. The van der Waals surface area contributed by atoms with Crippen molar-refractivity contribution in [3.8, 4) is 5.75 Å². The first kappa shape index (κ1) is 16.3. The summed E-state index contributed by atoms with van der Waals surface area (Å²) in [6.45, 7) is 6.33. The van der Waals surface area contributed by atoms with Gasteiger partial charge in [0.05, 0.1) is 6.61 Å². The molecule has 0 aromatic heterocycles. The highest BCUT2D eigenvalue weighted by Crippen LogP contribution is 2.26. The zero-order chi connectivity index (χ0) is 15.4. The lowest BCUT2D eigenvalue weighted by atomic mass is 9.99. The third kappa shape index (κ3) is 5.11. The van der Waals surface area contributed by atoms with Crippen molar-refractivity contribution in [2.24, 2.45) is 10.6 Å². The topological polar surface area (TPSA) is 30.8 Å². The van der Waals surface area contributed by atoms with Crippen molar-refractivity contribution in [2.45, 2.75) is 26.9 Å². The zero-order valence-corrected chi connectivity index (χ0v) is 11.9. The summed E-state index contributed by atoms with van der Waals surface area (Å²) in [5.41, 5.74) is -1.25. The SMILES string of the molecule is CO/N=C(\c1cccc(OCC(C)(C)C)c1)C(F)(F)F. The van der Waals surface area contributed by atoms with Crippen LogP contribution in [0.2, 0.25) is 0 Å². The van der Waals surface area contributed by atoms with Crippen LogP contribution in [0, 0.1) is 5.41 Å². The highest BCUT2D eigenvalue weighted by Gasteiger charge is 2.38. The Morgan fingerprint density at radius 1 is 1.20 bits per heavy atom. The van der Waals surface area contributed by atoms with Crippen LogP contribution >= 0.6 is 0 Å². The van der Waals surface area contributed by atoms with Crippen LogP contribution in [0.1, 0.15) is 26.3 Å². The van der Waals surface area contributed by atoms with Crippen LogP contribution < -0.4 is 4.74 Å². The number of rotatable bonds is 4. The quantitative estimate of drug-likeness (QED) is 0.619. The number of ether oxygens (including phenoxy) is 1. The summed E-state index contributed by atoms with van der Waals surface area (Å²) in [5, 5.41) is 3.05. The molecule has 1 aromatic rings. The van der Waals surface area contributed by atoms with E-state index in [0.717, 1.165) is 7.11 Å². The molecule has 0 saturated heterocycles. The molecule has 0 radical (unpaired) electrons. The second-order valence-corrected chi connectivity index (χ2v) is 5.50. The smallest absolute Gasteiger partial charge is 0.437 e. The van der Waals surface area contributed by atoms with Crippen LogP contribution in [0.4, 0.5) is 13.2 Å². The highest BCUT2D eigenvalue weighted by atomic mass is 19.4. The molecule has 0 aliphatic carbocycles. The van der Waals surface area contributed by atoms with Crippen molar-refractivity contribution in [2.75, 3.05) is 13.7 Å². The number of hydrogen-bond acceptors (Lipinski definition) is 3. The first-order valence-electron chi connectivity index (χ1n) is 6.05. The number of nitrogens with zero attached hydrogens (tertiary/aromatic N) is 1. The minimum absolute atomic E-state index is 0.0799. The van der Waals surface area contributed by atoms with Gasteiger partial charge in [-0.3, -0.25) is 0 Å². The summed E-state index contributed by atoms with van der Waals surface area (Å²) in [5.74, 6) is 0.366. The lowest BCUT2D eigenvalue weighted by Gasteiger charge is -2.19. The summed E-state index contributed by atoms with van der Waals surface area (Å²) in [7, 11) is 1.08. The summed E-state index contributed by atoms with van der Waals surface area (Å²) in [6.07, 6.45) is -4.58. The fraction of sp³-hybridized carbons (Fsp3) is 0.500. The summed E-state index contributed by atoms with van der Waals surface area (Å²) in [6, 6.07) is 5.71. The molecular formula is C14H18F3NO2. The van der Waals surface area contributed by atoms with Gasteiger partial charge in [-0.25, -0.2) is 0 Å². The lowest BCUT2D eigenvalue weighted by molar-refractivity contribution is -0.0608. The molecule has 0 atom stereocenters. The van der Waals surface area contributed by atoms with Gasteiger partial charge in [0.1, 0.15) is 12.9 Å². The van der Waals surface area contributed by atoms with Crippen molar-refractivity contribution in [3.63, 3.8) is 0 Å². The van der Waals surface area contributed by atoms with E-state index in [1.54, 1.807) is 6.07 Å². The molecular weight excluding hydrogens is 271 g/mol. The van der Waals surface area contributed by atoms with Gasteiger partial charge in [0.15, 0.2) is 5.71 Å². The minimum atomic E-state index is -4.58. The van der Waals surface area contributed by atoms with E-state index in [1.165, 1.54) is 18.2 Å². The number of oxime groups is 1. The van der Waals surface area contributed by atoms with E-state index < -0.39 is 11.9 Å². The first-order chi connectivity index (χ1) is 9.13. The Hall–Kier alpha value is -1.72. The van der Waals surface area contributed by atoms with Gasteiger partial charge in [-0.1, -0.05) is 38.1 Å². The first-order valence-corrected chi connectivity index (χ1v) is 6.05. The monoisotopic (exact) mass is 289 g/mol. The third-order valence-corrected chi connectivity index (χ3v) is 2.23. The standard InChI is InChI=1S/C14H18F3NO2/c1-13(2,3)9-20-11-7-5-6-10(8-11)12(18-19-4)14(15,16)17/h5-8H,9H2,1-4H3/b18-12+. The fourth-order valence-corrected chi connectivity index (χ4v) is 1.39. The third-order valence-electron chi connectivity index (χ3n) is 2.23. The zero-order valence-electron chi connectivity index (χ0n) is 11.9. The maximum absolute atomic E-state index is 12.8. The van der Waals surface area contributed by atoms with E-state index in [0.29, 0.717) is 12.4 Å². The Morgan fingerprint density at radius 2 is 1.85 bits per heavy atom. The number of hydrogen-bond donors (Lipinski definition) is 0. The average molecular weight is 289 g/mol. The molecule has 1 rings (SSSR count). The Balaban J connectivity index is 3.00. The molecule has 20 heavy (non-hydrogen) atoms. The Labute approximate surface area is 116 Å². The average Bonchev–Trinajstić information content (AvgIpc) is 2.31. The molecule has 0 saturated carbocycles. The van der Waals surface area contributed by atoms with E-state index in [9.17, 15) is 13.2 Å². The van der Waals surface area contributed by atoms with E-state index >= 15 is 0 Å². The second-order valence-electron chi connectivity index (χ2n) is 5.50. The van der Waals surface area contributed by atoms with Gasteiger partial charge in [-0.2, -0.15) is 13.2 Å². The predicted octanol–water partition coefficient (Wildman–Crippen LogP) is 4.02. The van der Waals surface area contributed by atoms with Crippen molar-refractivity contribution < 1.29 is 22.7 Å². The Morgan fingerprint density at radius 3 is 2.35 bits per heavy atom. The van der Waals surface area contributed by atoms with Crippen LogP contribution in [0.3, 0.4) is 0 Å². The minimum Gasteiger partial charge on any atom is -0.493 e. The lowest BCUT2D eigenvalue weighted by Crippen LogP contribution is -2.24. The van der Waals surface area contributed by atoms with Gasteiger partial charge < -0.3 is 9.57 Å². The normalized spacial score (nSPS) is 13.2. The highest BCUT2D eigenvalue weighted by molar-refractivity contribution is 6.04. The van der Waals surface area contributed by atoms with E-state index in [1.807, 2.05) is 20.8 Å². The molecule has 0 N–H and O–H groups in total. The molecule has 0 fully saturated rings. The summed E-state index contributed by atoms with van der Waals surface area (Å²) < 4.78 is 44.0. The van der Waals surface area contributed by atoms with Crippen LogP contribution in [-0.2, 0) is 4.84 Å². The number of benzene rings is 1. The number of halogens is 3. The Kier molecular flexibility index (Phi) is 5.03. The van der Waals surface area contributed by atoms with Crippen LogP contribution in [-0.4, -0.2) is 25.6 Å². The van der Waals surface area contributed by atoms with E-state index in [-0.39, 0.29) is 11.0 Å².